The Morgan fingerprint density at radius 3 is 2.60 bits per heavy atom. The summed E-state index contributed by atoms with van der Waals surface area (Å²) < 4.78 is 25.8. The van der Waals surface area contributed by atoms with Gasteiger partial charge in [0.05, 0.1) is 12.6 Å². The highest BCUT2D eigenvalue weighted by Crippen LogP contribution is 2.41. The number of carbonyl (C=O) groups is 2. The van der Waals surface area contributed by atoms with Gasteiger partial charge in [0.15, 0.2) is 6.61 Å². The van der Waals surface area contributed by atoms with E-state index < -0.39 is 18.6 Å². The van der Waals surface area contributed by atoms with Crippen molar-refractivity contribution in [2.75, 3.05) is 19.8 Å². The van der Waals surface area contributed by atoms with Gasteiger partial charge in [-0.1, -0.05) is 53.5 Å². The number of benzene rings is 3. The Hall–Kier alpha value is -3.13. The van der Waals surface area contributed by atoms with Gasteiger partial charge in [0.1, 0.15) is 18.2 Å². The first-order valence-electron chi connectivity index (χ1n) is 10.9. The van der Waals surface area contributed by atoms with E-state index in [0.717, 1.165) is 5.56 Å². The molecule has 0 bridgehead atoms. The van der Waals surface area contributed by atoms with Crippen LogP contribution in [0.1, 0.15) is 28.3 Å². The van der Waals surface area contributed by atoms with Gasteiger partial charge in [-0.3, -0.25) is 4.79 Å². The molecule has 182 valence electrons. The first-order valence-corrected chi connectivity index (χ1v) is 11.6. The fourth-order valence-electron chi connectivity index (χ4n) is 4.18. The van der Waals surface area contributed by atoms with E-state index in [9.17, 15) is 14.0 Å². The van der Waals surface area contributed by atoms with Crippen LogP contribution in [0.3, 0.4) is 0 Å². The number of carboxylic acid groups (broad SMARTS) is 1. The van der Waals surface area contributed by atoms with Gasteiger partial charge in [-0.05, 0) is 53.4 Å². The van der Waals surface area contributed by atoms with Crippen molar-refractivity contribution in [2.24, 2.45) is 0 Å². The number of carbonyl (C=O) groups excluding carboxylic acids is 1. The minimum Gasteiger partial charge on any atom is -0.482 e. The zero-order valence-corrected chi connectivity index (χ0v) is 20.1. The first-order chi connectivity index (χ1) is 16.8. The van der Waals surface area contributed by atoms with E-state index in [1.165, 1.54) is 6.07 Å². The Bertz CT molecular complexity index is 1250. The Morgan fingerprint density at radius 2 is 1.83 bits per heavy atom. The van der Waals surface area contributed by atoms with E-state index in [0.29, 0.717) is 33.2 Å². The number of rotatable bonds is 8. The Kier molecular flexibility index (Phi) is 7.90. The van der Waals surface area contributed by atoms with Crippen molar-refractivity contribution < 1.29 is 28.6 Å². The van der Waals surface area contributed by atoms with Crippen LogP contribution in [0.2, 0.25) is 10.0 Å². The Labute approximate surface area is 211 Å². The van der Waals surface area contributed by atoms with E-state index in [2.05, 4.69) is 0 Å². The molecular weight excluding hydrogens is 496 g/mol. The molecule has 9 heteroatoms. The van der Waals surface area contributed by atoms with Crippen molar-refractivity contribution in [1.82, 2.24) is 4.90 Å². The lowest BCUT2D eigenvalue weighted by molar-refractivity contribution is -0.140. The van der Waals surface area contributed by atoms with Gasteiger partial charge < -0.3 is 19.5 Å². The first kappa shape index (κ1) is 25.0. The standard InChI is InChI=1S/C26H22Cl2FNO5/c27-17-8-9-23(35-15-25(32)33)20(12-17)26-19-5-3-7-22(29)18(19)10-11-30(26)24(31)14-34-13-16-4-1-2-6-21(16)28/h1-9,12,26H,10-11,13-15H2,(H,32,33). The minimum absolute atomic E-state index is 0.152. The van der Waals surface area contributed by atoms with Crippen molar-refractivity contribution >= 4 is 35.1 Å². The Balaban J connectivity index is 1.66. The number of hydrogen-bond donors (Lipinski definition) is 1. The normalized spacial score (nSPS) is 14.9. The molecule has 1 atom stereocenters. The molecule has 0 aromatic heterocycles. The molecular formula is C26H22Cl2FNO5. The fourth-order valence-corrected chi connectivity index (χ4v) is 4.55. The van der Waals surface area contributed by atoms with E-state index in [4.69, 9.17) is 37.8 Å². The van der Waals surface area contributed by atoms with Crippen LogP contribution < -0.4 is 4.74 Å². The third kappa shape index (κ3) is 5.75. The number of fused-ring (bicyclic) bond motifs is 1. The number of nitrogens with zero attached hydrogens (tertiary/aromatic N) is 1. The molecule has 1 heterocycles. The largest absolute Gasteiger partial charge is 0.482 e. The molecule has 0 saturated carbocycles. The molecule has 1 unspecified atom stereocenters. The van der Waals surface area contributed by atoms with Gasteiger partial charge in [0, 0.05) is 22.2 Å². The number of ether oxygens (including phenoxy) is 2. The van der Waals surface area contributed by atoms with Crippen LogP contribution in [0, 0.1) is 5.82 Å². The molecule has 0 radical (unpaired) electrons. The number of amides is 1. The van der Waals surface area contributed by atoms with Crippen LogP contribution in [0.25, 0.3) is 0 Å². The topological polar surface area (TPSA) is 76.1 Å². The zero-order chi connectivity index (χ0) is 24.9. The summed E-state index contributed by atoms with van der Waals surface area (Å²) in [7, 11) is 0. The summed E-state index contributed by atoms with van der Waals surface area (Å²) in [6, 6.07) is 15.9. The summed E-state index contributed by atoms with van der Waals surface area (Å²) in [5.74, 6) is -1.60. The van der Waals surface area contributed by atoms with Gasteiger partial charge >= 0.3 is 5.97 Å². The molecule has 0 fully saturated rings. The second-order valence-corrected chi connectivity index (χ2v) is 8.84. The molecule has 3 aromatic carbocycles. The third-order valence-electron chi connectivity index (χ3n) is 5.74. The fraction of sp³-hybridized carbons (Fsp3) is 0.231. The van der Waals surface area contributed by atoms with Crippen LogP contribution in [0.4, 0.5) is 4.39 Å². The van der Waals surface area contributed by atoms with E-state index >= 15 is 0 Å². The van der Waals surface area contributed by atoms with Gasteiger partial charge in [-0.2, -0.15) is 0 Å². The van der Waals surface area contributed by atoms with Crippen LogP contribution in [0.15, 0.2) is 60.7 Å². The predicted molar refractivity (Wildman–Crippen MR) is 129 cm³/mol. The SMILES string of the molecule is O=C(O)COc1ccc(Cl)cc1C1c2cccc(F)c2CCN1C(=O)COCc1ccccc1Cl. The van der Waals surface area contributed by atoms with E-state index in [1.807, 2.05) is 12.1 Å². The summed E-state index contributed by atoms with van der Waals surface area (Å²) >= 11 is 12.4. The second kappa shape index (κ2) is 11.1. The molecule has 1 aliphatic rings. The van der Waals surface area contributed by atoms with E-state index in [1.54, 1.807) is 47.4 Å². The quantitative estimate of drug-likeness (QED) is 0.439. The average Bonchev–Trinajstić information content (AvgIpc) is 2.84. The molecule has 35 heavy (non-hydrogen) atoms. The zero-order valence-electron chi connectivity index (χ0n) is 18.5. The molecule has 0 aliphatic carbocycles. The molecule has 1 amide bonds. The highest BCUT2D eigenvalue weighted by Gasteiger charge is 2.35. The van der Waals surface area contributed by atoms with Crippen LogP contribution in [0.5, 0.6) is 5.75 Å². The van der Waals surface area contributed by atoms with Gasteiger partial charge in [-0.15, -0.1) is 0 Å². The monoisotopic (exact) mass is 517 g/mol. The summed E-state index contributed by atoms with van der Waals surface area (Å²) in [6.45, 7) is -0.415. The lowest BCUT2D eigenvalue weighted by atomic mass is 9.87. The highest BCUT2D eigenvalue weighted by molar-refractivity contribution is 6.31. The maximum Gasteiger partial charge on any atom is 0.341 e. The van der Waals surface area contributed by atoms with Crippen LogP contribution in [-0.4, -0.2) is 41.6 Å². The summed E-state index contributed by atoms with van der Waals surface area (Å²) in [5, 5.41) is 9.99. The maximum atomic E-state index is 14.7. The van der Waals surface area contributed by atoms with Gasteiger partial charge in [0.2, 0.25) is 5.91 Å². The van der Waals surface area contributed by atoms with Crippen molar-refractivity contribution in [3.05, 3.63) is 98.8 Å². The average molecular weight is 518 g/mol. The lowest BCUT2D eigenvalue weighted by Gasteiger charge is -2.38. The minimum atomic E-state index is -1.15. The molecule has 0 saturated heterocycles. The molecule has 0 spiro atoms. The lowest BCUT2D eigenvalue weighted by Crippen LogP contribution is -2.42. The number of aliphatic carboxylic acids is 1. The third-order valence-corrected chi connectivity index (χ3v) is 6.35. The van der Waals surface area contributed by atoms with E-state index in [-0.39, 0.29) is 37.2 Å². The smallest absolute Gasteiger partial charge is 0.341 e. The summed E-state index contributed by atoms with van der Waals surface area (Å²) in [5.41, 5.74) is 2.29. The van der Waals surface area contributed by atoms with Crippen molar-refractivity contribution in [3.8, 4) is 5.75 Å². The van der Waals surface area contributed by atoms with Crippen molar-refractivity contribution in [3.63, 3.8) is 0 Å². The maximum absolute atomic E-state index is 14.7. The number of carboxylic acids is 1. The second-order valence-electron chi connectivity index (χ2n) is 8.00. The number of hydrogen-bond acceptors (Lipinski definition) is 4. The van der Waals surface area contributed by atoms with Crippen molar-refractivity contribution in [1.29, 1.82) is 0 Å². The summed E-state index contributed by atoms with van der Waals surface area (Å²) in [6.07, 6.45) is 0.320. The number of halogens is 3. The summed E-state index contributed by atoms with van der Waals surface area (Å²) in [4.78, 5) is 26.0. The van der Waals surface area contributed by atoms with Crippen molar-refractivity contribution in [2.45, 2.75) is 19.1 Å². The molecule has 1 aliphatic heterocycles. The predicted octanol–water partition coefficient (Wildman–Crippen LogP) is 5.29. The van der Waals surface area contributed by atoms with Gasteiger partial charge in [-0.25, -0.2) is 9.18 Å². The molecule has 3 aromatic rings. The Morgan fingerprint density at radius 1 is 1.03 bits per heavy atom. The highest BCUT2D eigenvalue weighted by atomic mass is 35.5. The van der Waals surface area contributed by atoms with Crippen LogP contribution >= 0.6 is 23.2 Å². The van der Waals surface area contributed by atoms with Gasteiger partial charge in [0.25, 0.3) is 0 Å². The molecule has 6 nitrogen and oxygen atoms in total. The van der Waals surface area contributed by atoms with Crippen LogP contribution in [-0.2, 0) is 27.4 Å². The molecule has 4 rings (SSSR count). The molecule has 1 N–H and O–H groups in total.